The van der Waals surface area contributed by atoms with Gasteiger partial charge in [-0.25, -0.2) is 13.2 Å². The van der Waals surface area contributed by atoms with Gasteiger partial charge in [0, 0.05) is 12.1 Å². The van der Waals surface area contributed by atoms with Crippen molar-refractivity contribution in [1.29, 1.82) is 0 Å². The van der Waals surface area contributed by atoms with E-state index in [9.17, 15) is 23.1 Å². The summed E-state index contributed by atoms with van der Waals surface area (Å²) >= 11 is 0. The second kappa shape index (κ2) is 6.18. The Kier molecular flexibility index (Phi) is 4.35. The van der Waals surface area contributed by atoms with E-state index in [0.717, 1.165) is 0 Å². The monoisotopic (exact) mass is 353 g/mol. The molecule has 2 fully saturated rings. The summed E-state index contributed by atoms with van der Waals surface area (Å²) < 4.78 is 31.6. The molecule has 1 aromatic carbocycles. The van der Waals surface area contributed by atoms with Crippen molar-refractivity contribution in [2.45, 2.75) is 37.1 Å². The van der Waals surface area contributed by atoms with Crippen molar-refractivity contribution in [3.63, 3.8) is 0 Å². The van der Waals surface area contributed by atoms with E-state index < -0.39 is 33.9 Å². The van der Waals surface area contributed by atoms with Gasteiger partial charge in [-0.3, -0.25) is 4.79 Å². The summed E-state index contributed by atoms with van der Waals surface area (Å²) in [5, 5.41) is 9.26. The Labute approximate surface area is 140 Å². The number of carboxylic acid groups (broad SMARTS) is 1. The summed E-state index contributed by atoms with van der Waals surface area (Å²) in [5.74, 6) is -2.34. The molecule has 1 aromatic rings. The highest BCUT2D eigenvalue weighted by Crippen LogP contribution is 2.44. The number of fused-ring (bicyclic) bond motifs is 2. The minimum absolute atomic E-state index is 0.232. The molecule has 7 nitrogen and oxygen atoms in total. The fraction of sp³-hybridized carbons (Fsp3) is 0.500. The lowest BCUT2D eigenvalue weighted by Crippen LogP contribution is -2.38. The maximum Gasteiger partial charge on any atom is 0.337 e. The van der Waals surface area contributed by atoms with Crippen LogP contribution in [0.5, 0.6) is 0 Å². The van der Waals surface area contributed by atoms with E-state index in [-0.39, 0.29) is 17.4 Å². The molecule has 2 aliphatic rings. The number of carboxylic acids is 1. The molecule has 1 N–H and O–H groups in total. The molecular formula is C16H19NO6S. The number of ether oxygens (including phenoxy) is 1. The van der Waals surface area contributed by atoms with Crippen LogP contribution in [0.4, 0.5) is 0 Å². The van der Waals surface area contributed by atoms with Crippen molar-refractivity contribution in [3.8, 4) is 0 Å². The molecular weight excluding hydrogens is 334 g/mol. The minimum Gasteiger partial charge on any atom is -0.481 e. The Hall–Kier alpha value is -1.93. The summed E-state index contributed by atoms with van der Waals surface area (Å²) in [6.45, 7) is 0. The molecule has 2 saturated heterocycles. The number of aliphatic carboxylic acids is 1. The Bertz CT molecular complexity index is 775. The predicted molar refractivity (Wildman–Crippen MR) is 84.8 cm³/mol. The summed E-state index contributed by atoms with van der Waals surface area (Å²) in [7, 11) is -2.38. The first-order chi connectivity index (χ1) is 11.3. The van der Waals surface area contributed by atoms with Crippen molar-refractivity contribution < 1.29 is 27.9 Å². The molecule has 0 amide bonds. The lowest BCUT2D eigenvalue weighted by atomic mass is 9.89. The molecule has 0 aliphatic carbocycles. The molecule has 2 heterocycles. The lowest BCUT2D eigenvalue weighted by Gasteiger charge is -2.22. The van der Waals surface area contributed by atoms with E-state index in [1.54, 1.807) is 18.2 Å². The zero-order chi connectivity index (χ0) is 17.5. The quantitative estimate of drug-likeness (QED) is 0.799. The van der Waals surface area contributed by atoms with E-state index >= 15 is 0 Å². The van der Waals surface area contributed by atoms with Gasteiger partial charge < -0.3 is 9.84 Å². The Balaban J connectivity index is 1.83. The Morgan fingerprint density at radius 2 is 2.08 bits per heavy atom. The largest absolute Gasteiger partial charge is 0.481 e. The van der Waals surface area contributed by atoms with E-state index in [1.165, 1.54) is 17.5 Å². The number of carbonyl (C=O) groups excluding carboxylic acids is 1. The number of hydrogen-bond donors (Lipinski definition) is 1. The van der Waals surface area contributed by atoms with Crippen LogP contribution in [0, 0.1) is 5.92 Å². The van der Waals surface area contributed by atoms with E-state index in [1.807, 2.05) is 0 Å². The summed E-state index contributed by atoms with van der Waals surface area (Å²) in [6, 6.07) is 5.61. The van der Waals surface area contributed by atoms with Gasteiger partial charge in [-0.2, -0.15) is 4.31 Å². The minimum atomic E-state index is -3.65. The van der Waals surface area contributed by atoms with Crippen LogP contribution in [-0.4, -0.2) is 49.0 Å². The van der Waals surface area contributed by atoms with Gasteiger partial charge in [-0.1, -0.05) is 12.1 Å². The maximum atomic E-state index is 12.8. The second-order valence-corrected chi connectivity index (χ2v) is 8.13. The average Bonchev–Trinajstić information content (AvgIpc) is 3.12. The highest BCUT2D eigenvalue weighted by atomic mass is 32.2. The van der Waals surface area contributed by atoms with Crippen LogP contribution in [0.15, 0.2) is 24.3 Å². The van der Waals surface area contributed by atoms with Crippen LogP contribution in [0.1, 0.15) is 35.2 Å². The molecule has 130 valence electrons. The van der Waals surface area contributed by atoms with Crippen LogP contribution >= 0.6 is 0 Å². The van der Waals surface area contributed by atoms with Crippen molar-refractivity contribution in [3.05, 3.63) is 35.4 Å². The first-order valence-corrected chi connectivity index (χ1v) is 9.35. The molecule has 2 bridgehead atoms. The fourth-order valence-electron chi connectivity index (χ4n) is 3.83. The van der Waals surface area contributed by atoms with Crippen LogP contribution < -0.4 is 0 Å². The van der Waals surface area contributed by atoms with Gasteiger partial charge in [0.05, 0.1) is 24.3 Å². The fourth-order valence-corrected chi connectivity index (χ4v) is 5.89. The van der Waals surface area contributed by atoms with Gasteiger partial charge >= 0.3 is 11.9 Å². The van der Waals surface area contributed by atoms with Gasteiger partial charge in [0.2, 0.25) is 10.0 Å². The van der Waals surface area contributed by atoms with Crippen LogP contribution in [0.2, 0.25) is 0 Å². The summed E-state index contributed by atoms with van der Waals surface area (Å²) in [5.41, 5.74) is 0.772. The summed E-state index contributed by atoms with van der Waals surface area (Å²) in [6.07, 6.45) is 1.67. The van der Waals surface area contributed by atoms with Crippen molar-refractivity contribution in [2.75, 3.05) is 7.11 Å². The lowest BCUT2D eigenvalue weighted by molar-refractivity contribution is -0.142. The highest BCUT2D eigenvalue weighted by Gasteiger charge is 2.53. The maximum absolute atomic E-state index is 12.8. The van der Waals surface area contributed by atoms with Gasteiger partial charge in [0.1, 0.15) is 0 Å². The SMILES string of the molecule is COC(=O)c1cccc(CS(=O)(=O)N2C3CCC2C(C(=O)O)C3)c1. The molecule has 2 aliphatic heterocycles. The third kappa shape index (κ3) is 2.91. The molecule has 3 unspecified atom stereocenters. The normalized spacial score (nSPS) is 26.5. The molecule has 24 heavy (non-hydrogen) atoms. The standard InChI is InChI=1S/C16H19NO6S/c1-23-16(20)11-4-2-3-10(7-11)9-24(21,22)17-12-5-6-14(17)13(8-12)15(18)19/h2-4,7,12-14H,5-6,8-9H2,1H3,(H,18,19). The van der Waals surface area contributed by atoms with Gasteiger partial charge in [0.25, 0.3) is 0 Å². The van der Waals surface area contributed by atoms with Crippen molar-refractivity contribution in [1.82, 2.24) is 4.31 Å². The third-order valence-corrected chi connectivity index (χ3v) is 6.72. The number of hydrogen-bond acceptors (Lipinski definition) is 5. The smallest absolute Gasteiger partial charge is 0.337 e. The molecule has 0 saturated carbocycles. The zero-order valence-corrected chi connectivity index (χ0v) is 14.0. The van der Waals surface area contributed by atoms with Gasteiger partial charge in [-0.15, -0.1) is 0 Å². The van der Waals surface area contributed by atoms with E-state index in [4.69, 9.17) is 0 Å². The van der Waals surface area contributed by atoms with E-state index in [0.29, 0.717) is 24.8 Å². The molecule has 8 heteroatoms. The predicted octanol–water partition coefficient (Wildman–Crippen LogP) is 1.24. The molecule has 0 aromatic heterocycles. The Morgan fingerprint density at radius 1 is 1.33 bits per heavy atom. The number of methoxy groups -OCH3 is 1. The number of benzene rings is 1. The van der Waals surface area contributed by atoms with Crippen LogP contribution in [-0.2, 0) is 25.3 Å². The van der Waals surface area contributed by atoms with Gasteiger partial charge in [-0.05, 0) is 37.0 Å². The summed E-state index contributed by atoms with van der Waals surface area (Å²) in [4.78, 5) is 22.9. The first kappa shape index (κ1) is 16.9. The topological polar surface area (TPSA) is 101 Å². The zero-order valence-electron chi connectivity index (χ0n) is 13.2. The van der Waals surface area contributed by atoms with Crippen molar-refractivity contribution >= 4 is 22.0 Å². The first-order valence-electron chi connectivity index (χ1n) is 7.75. The van der Waals surface area contributed by atoms with Crippen LogP contribution in [0.25, 0.3) is 0 Å². The number of carbonyl (C=O) groups is 2. The highest BCUT2D eigenvalue weighted by molar-refractivity contribution is 7.88. The Morgan fingerprint density at radius 3 is 2.71 bits per heavy atom. The third-order valence-electron chi connectivity index (χ3n) is 4.81. The second-order valence-electron chi connectivity index (χ2n) is 6.26. The number of sulfonamides is 1. The van der Waals surface area contributed by atoms with E-state index in [2.05, 4.69) is 4.74 Å². The van der Waals surface area contributed by atoms with Gasteiger partial charge in [0.15, 0.2) is 0 Å². The number of rotatable bonds is 5. The molecule has 3 atom stereocenters. The number of esters is 1. The average molecular weight is 353 g/mol. The van der Waals surface area contributed by atoms with Crippen LogP contribution in [0.3, 0.4) is 0 Å². The molecule has 0 radical (unpaired) electrons. The molecule has 3 rings (SSSR count). The molecule has 0 spiro atoms. The number of nitrogens with zero attached hydrogens (tertiary/aromatic N) is 1. The van der Waals surface area contributed by atoms with Crippen molar-refractivity contribution in [2.24, 2.45) is 5.92 Å².